The number of ether oxygens (including phenoxy) is 2. The molecule has 4 aromatic carbocycles. The van der Waals surface area contributed by atoms with Gasteiger partial charge in [-0.2, -0.15) is 0 Å². The average Bonchev–Trinajstić information content (AvgIpc) is 2.97. The van der Waals surface area contributed by atoms with E-state index in [4.69, 9.17) is 9.47 Å². The Hall–Kier alpha value is -4.14. The van der Waals surface area contributed by atoms with Crippen LogP contribution in [0, 0.1) is 11.8 Å². The molecule has 0 radical (unpaired) electrons. The molecule has 0 aromatic heterocycles. The summed E-state index contributed by atoms with van der Waals surface area (Å²) in [6.07, 6.45) is 0. The third kappa shape index (κ3) is 6.50. The Balaban J connectivity index is 1.69. The molecule has 8 nitrogen and oxygen atoms in total. The van der Waals surface area contributed by atoms with E-state index in [1.165, 1.54) is 14.2 Å². The monoisotopic (exact) mass is 572 g/mol. The van der Waals surface area contributed by atoms with Crippen LogP contribution in [-0.4, -0.2) is 48.5 Å². The number of phenolic OH excluding ortho intramolecular Hbond substituents is 2. The number of fused-ring (bicyclic) bond motifs is 2. The molecule has 0 fully saturated rings. The van der Waals surface area contributed by atoms with Crippen LogP contribution in [0.25, 0.3) is 32.7 Å². The molecule has 0 saturated carbocycles. The van der Waals surface area contributed by atoms with Crippen molar-refractivity contribution in [2.75, 3.05) is 14.2 Å². The first-order valence-electron chi connectivity index (χ1n) is 14.2. The van der Waals surface area contributed by atoms with Gasteiger partial charge in [0, 0.05) is 24.2 Å². The minimum absolute atomic E-state index is 0.0605. The molecule has 0 aliphatic rings. The summed E-state index contributed by atoms with van der Waals surface area (Å²) in [6.45, 7) is 8.79. The lowest BCUT2D eigenvalue weighted by Gasteiger charge is -2.20. The third-order valence-electron chi connectivity index (χ3n) is 7.67. The number of nitrogens with one attached hydrogen (secondary N) is 2. The normalized spacial score (nSPS) is 13.0. The van der Waals surface area contributed by atoms with E-state index in [2.05, 4.69) is 10.6 Å². The smallest absolute Gasteiger partial charge is 0.323 e. The number of carbonyl (C=O) groups is 2. The van der Waals surface area contributed by atoms with Crippen LogP contribution in [0.1, 0.15) is 38.8 Å². The molecule has 2 atom stereocenters. The molecule has 42 heavy (non-hydrogen) atoms. The van der Waals surface area contributed by atoms with E-state index < -0.39 is 12.1 Å². The van der Waals surface area contributed by atoms with Crippen LogP contribution < -0.4 is 10.6 Å². The van der Waals surface area contributed by atoms with E-state index in [0.29, 0.717) is 24.2 Å². The summed E-state index contributed by atoms with van der Waals surface area (Å²) in [5.41, 5.74) is 3.03. The predicted molar refractivity (Wildman–Crippen MR) is 165 cm³/mol. The van der Waals surface area contributed by atoms with Crippen LogP contribution >= 0.6 is 0 Å². The van der Waals surface area contributed by atoms with Gasteiger partial charge in [-0.15, -0.1) is 0 Å². The second-order valence-corrected chi connectivity index (χ2v) is 11.3. The second-order valence-electron chi connectivity index (χ2n) is 11.3. The minimum atomic E-state index is -0.425. The van der Waals surface area contributed by atoms with Gasteiger partial charge in [0.2, 0.25) is 0 Å². The molecule has 8 heteroatoms. The van der Waals surface area contributed by atoms with Crippen molar-refractivity contribution in [3.63, 3.8) is 0 Å². The van der Waals surface area contributed by atoms with Crippen molar-refractivity contribution >= 4 is 33.5 Å². The van der Waals surface area contributed by atoms with Crippen molar-refractivity contribution in [3.8, 4) is 22.6 Å². The number of rotatable bonds is 11. The average molecular weight is 573 g/mol. The zero-order valence-corrected chi connectivity index (χ0v) is 25.0. The fourth-order valence-electron chi connectivity index (χ4n) is 5.37. The molecule has 4 N–H and O–H groups in total. The maximum absolute atomic E-state index is 12.2. The number of phenols is 2. The van der Waals surface area contributed by atoms with Gasteiger partial charge in [0.25, 0.3) is 0 Å². The van der Waals surface area contributed by atoms with E-state index in [-0.39, 0.29) is 35.3 Å². The maximum Gasteiger partial charge on any atom is 0.323 e. The minimum Gasteiger partial charge on any atom is -0.507 e. The van der Waals surface area contributed by atoms with Crippen LogP contribution in [0.3, 0.4) is 0 Å². The van der Waals surface area contributed by atoms with E-state index in [1.54, 1.807) is 12.1 Å². The van der Waals surface area contributed by atoms with Crippen molar-refractivity contribution in [2.24, 2.45) is 11.8 Å². The van der Waals surface area contributed by atoms with Crippen LogP contribution in [0.15, 0.2) is 60.7 Å². The SMILES string of the molecule is COC(=O)[C@@H](NCc1ccc2c(-c3c(O)ccc4cc(CN[C@H](C(=O)OC)C(C)C)ccc34)c(O)ccc2c1)C(C)C. The van der Waals surface area contributed by atoms with Crippen LogP contribution in [0.4, 0.5) is 0 Å². The summed E-state index contributed by atoms with van der Waals surface area (Å²) in [4.78, 5) is 24.3. The van der Waals surface area contributed by atoms with Crippen molar-refractivity contribution in [1.82, 2.24) is 10.6 Å². The lowest BCUT2D eigenvalue weighted by molar-refractivity contribution is -0.145. The number of hydrogen-bond donors (Lipinski definition) is 4. The Labute approximate surface area is 246 Å². The Morgan fingerprint density at radius 1 is 0.643 bits per heavy atom. The topological polar surface area (TPSA) is 117 Å². The molecule has 0 heterocycles. The summed E-state index contributed by atoms with van der Waals surface area (Å²) in [6, 6.07) is 17.9. The summed E-state index contributed by atoms with van der Waals surface area (Å²) in [7, 11) is 2.77. The molecule has 0 aliphatic heterocycles. The highest BCUT2D eigenvalue weighted by Crippen LogP contribution is 2.44. The van der Waals surface area contributed by atoms with Gasteiger partial charge in [0.05, 0.1) is 14.2 Å². The Morgan fingerprint density at radius 2 is 1.02 bits per heavy atom. The Morgan fingerprint density at radius 3 is 1.36 bits per heavy atom. The molecule has 0 aliphatic carbocycles. The van der Waals surface area contributed by atoms with E-state index in [0.717, 1.165) is 32.7 Å². The number of carbonyl (C=O) groups excluding carboxylic acids is 2. The zero-order valence-electron chi connectivity index (χ0n) is 25.0. The lowest BCUT2D eigenvalue weighted by Crippen LogP contribution is -2.41. The van der Waals surface area contributed by atoms with Crippen molar-refractivity contribution in [2.45, 2.75) is 52.9 Å². The van der Waals surface area contributed by atoms with Gasteiger partial charge in [0.15, 0.2) is 0 Å². The first-order valence-corrected chi connectivity index (χ1v) is 14.2. The van der Waals surface area contributed by atoms with Crippen LogP contribution in [-0.2, 0) is 32.2 Å². The quantitative estimate of drug-likeness (QED) is 0.171. The number of methoxy groups -OCH3 is 2. The summed E-state index contributed by atoms with van der Waals surface area (Å²) < 4.78 is 9.87. The molecule has 0 bridgehead atoms. The van der Waals surface area contributed by atoms with E-state index in [9.17, 15) is 19.8 Å². The molecule has 222 valence electrons. The predicted octanol–water partition coefficient (Wildman–Crippen LogP) is 5.65. The summed E-state index contributed by atoms with van der Waals surface area (Å²) in [5.74, 6) is -0.345. The van der Waals surface area contributed by atoms with Crippen molar-refractivity contribution in [1.29, 1.82) is 0 Å². The highest BCUT2D eigenvalue weighted by Gasteiger charge is 2.24. The molecular weight excluding hydrogens is 532 g/mol. The molecule has 4 rings (SSSR count). The van der Waals surface area contributed by atoms with Crippen LogP contribution in [0.5, 0.6) is 11.5 Å². The molecule has 0 saturated heterocycles. The van der Waals surface area contributed by atoms with Gasteiger partial charge in [-0.25, -0.2) is 0 Å². The van der Waals surface area contributed by atoms with Gasteiger partial charge in [0.1, 0.15) is 23.6 Å². The van der Waals surface area contributed by atoms with Gasteiger partial charge in [-0.05, 0) is 68.8 Å². The van der Waals surface area contributed by atoms with E-state index >= 15 is 0 Å². The highest BCUT2D eigenvalue weighted by atomic mass is 16.5. The lowest BCUT2D eigenvalue weighted by atomic mass is 9.91. The fourth-order valence-corrected chi connectivity index (χ4v) is 5.37. The van der Waals surface area contributed by atoms with Gasteiger partial charge >= 0.3 is 11.9 Å². The Kier molecular flexibility index (Phi) is 9.70. The molecule has 0 spiro atoms. The van der Waals surface area contributed by atoms with Crippen molar-refractivity contribution < 1.29 is 29.3 Å². The Bertz CT molecular complexity index is 1480. The maximum atomic E-state index is 12.2. The van der Waals surface area contributed by atoms with E-state index in [1.807, 2.05) is 76.2 Å². The number of aromatic hydroxyl groups is 2. The largest absolute Gasteiger partial charge is 0.507 e. The van der Waals surface area contributed by atoms with Crippen LogP contribution in [0.2, 0.25) is 0 Å². The van der Waals surface area contributed by atoms with Gasteiger partial charge in [-0.1, -0.05) is 64.1 Å². The first kappa shape index (κ1) is 30.8. The van der Waals surface area contributed by atoms with Gasteiger partial charge in [-0.3, -0.25) is 9.59 Å². The zero-order chi connectivity index (χ0) is 30.6. The molecule has 0 amide bonds. The number of esters is 2. The second kappa shape index (κ2) is 13.2. The standard InChI is InChI=1S/C34H40N2O6/c1-19(2)31(33(39)41-5)35-17-21-7-11-25-23(15-21)9-13-27(37)29(25)30-26-12-8-22(16-24(26)10-14-28(30)38)18-36-32(20(3)4)34(40)42-6/h7-16,19-20,31-32,35-38H,17-18H2,1-6H3/t31-,32-/m0/s1. The number of hydrogen-bond acceptors (Lipinski definition) is 8. The highest BCUT2D eigenvalue weighted by molar-refractivity contribution is 6.09. The summed E-state index contributed by atoms with van der Waals surface area (Å²) >= 11 is 0. The van der Waals surface area contributed by atoms with Gasteiger partial charge < -0.3 is 30.3 Å². The molecule has 0 unspecified atom stereocenters. The first-order chi connectivity index (χ1) is 20.0. The molecular formula is C34H40N2O6. The molecule has 4 aromatic rings. The van der Waals surface area contributed by atoms with Crippen molar-refractivity contribution in [3.05, 3.63) is 71.8 Å². The fraction of sp³-hybridized carbons (Fsp3) is 0.353. The summed E-state index contributed by atoms with van der Waals surface area (Å²) in [5, 5.41) is 32.0. The number of benzene rings is 4. The third-order valence-corrected chi connectivity index (χ3v) is 7.67.